The van der Waals surface area contributed by atoms with E-state index in [1.54, 1.807) is 29.0 Å². The van der Waals surface area contributed by atoms with Crippen LogP contribution in [0.15, 0.2) is 53.5 Å². The molecular weight excluding hydrogens is 804 g/mol. The average molecular weight is 851 g/mol. The van der Waals surface area contributed by atoms with Crippen LogP contribution in [-0.2, 0) is 20.9 Å². The summed E-state index contributed by atoms with van der Waals surface area (Å²) in [5, 5.41) is 9.20. The number of aryl methyl sites for hydroxylation is 1. The van der Waals surface area contributed by atoms with E-state index >= 15 is 0 Å². The number of aromatic nitrogens is 3. The number of fused-ring (bicyclic) bond motifs is 2. The number of carbonyl (C=O) groups is 5. The number of hydrogen-bond acceptors (Lipinski definition) is 13. The SMILES string of the molecule is CCn1c(=O)c(OCC(=O)NC)cc2cc(Nc3nc(N4CCC(CN5CC(C6CN(c7ccc8c(c7)C(=O)N(C7CCC(=O)NC7=O)C8=O)C6)C5)CC4)ncc3Cl)ccc21. The smallest absolute Gasteiger partial charge is 0.293 e. The molecule has 0 bridgehead atoms. The number of nitrogens with zero attached hydrogens (tertiary/aromatic N) is 7. The number of likely N-dealkylation sites (tertiary alicyclic amines) is 1. The van der Waals surface area contributed by atoms with E-state index in [0.717, 1.165) is 85.8 Å². The minimum Gasteiger partial charge on any atom is -0.478 e. The molecule has 4 saturated heterocycles. The third-order valence-electron chi connectivity index (χ3n) is 12.8. The van der Waals surface area contributed by atoms with Gasteiger partial charge >= 0.3 is 0 Å². The number of hydrogen-bond donors (Lipinski definition) is 3. The van der Waals surface area contributed by atoms with Crippen molar-refractivity contribution in [3.05, 3.63) is 75.2 Å². The summed E-state index contributed by atoms with van der Waals surface area (Å²) in [4.78, 5) is 92.6. The van der Waals surface area contributed by atoms with Crippen molar-refractivity contribution >= 4 is 75.2 Å². The van der Waals surface area contributed by atoms with Gasteiger partial charge in [0.2, 0.25) is 17.8 Å². The molecule has 4 fully saturated rings. The number of rotatable bonds is 12. The van der Waals surface area contributed by atoms with Gasteiger partial charge in [0, 0.05) is 82.6 Å². The van der Waals surface area contributed by atoms with Crippen molar-refractivity contribution < 1.29 is 28.7 Å². The first-order chi connectivity index (χ1) is 29.5. The molecule has 5 amide bonds. The zero-order valence-electron chi connectivity index (χ0n) is 34.0. The molecule has 318 valence electrons. The normalized spacial score (nSPS) is 20.1. The van der Waals surface area contributed by atoms with Gasteiger partial charge in [0.25, 0.3) is 23.3 Å². The molecule has 1 atom stereocenters. The number of pyridine rings is 1. The number of ether oxygens (including phenoxy) is 1. The number of benzene rings is 2. The van der Waals surface area contributed by atoms with Gasteiger partial charge in [-0.05, 0) is 86.4 Å². The molecular formula is C43H47ClN10O7. The van der Waals surface area contributed by atoms with Crippen LogP contribution in [0.4, 0.5) is 23.1 Å². The Bertz CT molecular complexity index is 2510. The predicted octanol–water partition coefficient (Wildman–Crippen LogP) is 3.02. The molecule has 5 aliphatic rings. The summed E-state index contributed by atoms with van der Waals surface area (Å²) in [5.74, 6) is 0.640. The molecule has 4 aromatic rings. The summed E-state index contributed by atoms with van der Waals surface area (Å²) in [6.07, 6.45) is 3.90. The summed E-state index contributed by atoms with van der Waals surface area (Å²) in [6.45, 7) is 8.72. The zero-order valence-corrected chi connectivity index (χ0v) is 34.7. The molecule has 2 aromatic heterocycles. The van der Waals surface area contributed by atoms with Gasteiger partial charge in [-0.2, -0.15) is 4.98 Å². The number of likely N-dealkylation sites (N-methyl/N-ethyl adjacent to an activating group) is 1. The lowest BCUT2D eigenvalue weighted by atomic mass is 9.79. The fourth-order valence-electron chi connectivity index (χ4n) is 9.22. The molecule has 7 heterocycles. The van der Waals surface area contributed by atoms with Crippen LogP contribution in [0.25, 0.3) is 10.9 Å². The number of nitrogens with one attached hydrogen (secondary N) is 3. The molecule has 61 heavy (non-hydrogen) atoms. The standard InChI is InChI=1S/C43H47ClN10O7/c1-3-53-33-7-4-28(14-25(33)15-35(42(53)60)61-23-37(56)45-2)47-38-32(44)17-46-43(49-38)51-12-10-24(11-13-51)18-50-19-26(20-50)27-21-52(22-27)29-5-6-30-31(16-29)41(59)54(40(30)58)34-8-9-36(55)48-39(34)57/h4-7,14-17,24,26-27,34H,3,8-13,18-23H2,1-2H3,(H,45,56)(H,46,47,49)(H,48,55,57). The van der Waals surface area contributed by atoms with E-state index in [4.69, 9.17) is 21.3 Å². The Morgan fingerprint density at radius 1 is 0.918 bits per heavy atom. The minimum atomic E-state index is -0.972. The molecule has 9 rings (SSSR count). The summed E-state index contributed by atoms with van der Waals surface area (Å²) in [5.41, 5.74) is 2.66. The van der Waals surface area contributed by atoms with Crippen molar-refractivity contribution in [2.45, 2.75) is 45.2 Å². The van der Waals surface area contributed by atoms with Crippen LogP contribution < -0.4 is 36.0 Å². The highest BCUT2D eigenvalue weighted by atomic mass is 35.5. The second-order valence-corrected chi connectivity index (χ2v) is 16.9. The molecule has 1 unspecified atom stereocenters. The van der Waals surface area contributed by atoms with Gasteiger partial charge in [-0.3, -0.25) is 39.0 Å². The Morgan fingerprint density at radius 3 is 2.41 bits per heavy atom. The van der Waals surface area contributed by atoms with Crippen LogP contribution in [0.3, 0.4) is 0 Å². The third-order valence-corrected chi connectivity index (χ3v) is 13.0. The van der Waals surface area contributed by atoms with Gasteiger partial charge in [-0.25, -0.2) is 4.98 Å². The van der Waals surface area contributed by atoms with Crippen LogP contribution >= 0.6 is 11.6 Å². The summed E-state index contributed by atoms with van der Waals surface area (Å²) >= 11 is 6.58. The first-order valence-corrected chi connectivity index (χ1v) is 21.2. The van der Waals surface area contributed by atoms with Gasteiger partial charge < -0.3 is 34.6 Å². The maximum absolute atomic E-state index is 13.3. The summed E-state index contributed by atoms with van der Waals surface area (Å²) in [7, 11) is 1.51. The van der Waals surface area contributed by atoms with Crippen LogP contribution in [0.1, 0.15) is 53.3 Å². The van der Waals surface area contributed by atoms with Crippen LogP contribution in [0.2, 0.25) is 5.02 Å². The Morgan fingerprint density at radius 2 is 1.67 bits per heavy atom. The Kier molecular flexibility index (Phi) is 10.9. The van der Waals surface area contributed by atoms with Crippen molar-refractivity contribution in [2.24, 2.45) is 17.8 Å². The summed E-state index contributed by atoms with van der Waals surface area (Å²) in [6, 6.07) is 11.6. The quantitative estimate of drug-likeness (QED) is 0.177. The number of imide groups is 2. The topological polar surface area (TPSA) is 191 Å². The fraction of sp³-hybridized carbons (Fsp3) is 0.442. The van der Waals surface area contributed by atoms with Crippen LogP contribution in [0, 0.1) is 17.8 Å². The van der Waals surface area contributed by atoms with E-state index < -0.39 is 29.7 Å². The van der Waals surface area contributed by atoms with Gasteiger partial charge in [0.1, 0.15) is 11.1 Å². The lowest BCUT2D eigenvalue weighted by Gasteiger charge is -2.52. The largest absolute Gasteiger partial charge is 0.478 e. The Labute approximate surface area is 356 Å². The average Bonchev–Trinajstić information content (AvgIpc) is 3.47. The number of carbonyl (C=O) groups excluding carboxylic acids is 5. The monoisotopic (exact) mass is 850 g/mol. The van der Waals surface area contributed by atoms with Crippen molar-refractivity contribution in [1.29, 1.82) is 0 Å². The number of halogens is 1. The molecule has 5 aliphatic heterocycles. The van der Waals surface area contributed by atoms with Crippen molar-refractivity contribution in [3.63, 3.8) is 0 Å². The second kappa shape index (κ2) is 16.4. The van der Waals surface area contributed by atoms with E-state index in [-0.39, 0.29) is 36.7 Å². The Balaban J connectivity index is 0.746. The number of piperidine rings is 2. The molecule has 0 spiro atoms. The molecule has 0 saturated carbocycles. The molecule has 17 nitrogen and oxygen atoms in total. The van der Waals surface area contributed by atoms with Crippen LogP contribution in [-0.4, -0.2) is 119 Å². The summed E-state index contributed by atoms with van der Waals surface area (Å²) < 4.78 is 7.17. The number of anilines is 4. The lowest BCUT2D eigenvalue weighted by Crippen LogP contribution is -2.60. The van der Waals surface area contributed by atoms with E-state index in [9.17, 15) is 28.8 Å². The lowest BCUT2D eigenvalue weighted by molar-refractivity contribution is -0.136. The third kappa shape index (κ3) is 7.76. The van der Waals surface area contributed by atoms with Gasteiger partial charge in [-0.15, -0.1) is 0 Å². The maximum Gasteiger partial charge on any atom is 0.293 e. The molecule has 0 aliphatic carbocycles. The highest BCUT2D eigenvalue weighted by Gasteiger charge is 2.46. The molecule has 0 radical (unpaired) electrons. The van der Waals surface area contributed by atoms with E-state index in [2.05, 4.69) is 35.6 Å². The predicted molar refractivity (Wildman–Crippen MR) is 227 cm³/mol. The van der Waals surface area contributed by atoms with Crippen molar-refractivity contribution in [1.82, 2.24) is 35.0 Å². The fourth-order valence-corrected chi connectivity index (χ4v) is 9.36. The molecule has 3 N–H and O–H groups in total. The van der Waals surface area contributed by atoms with E-state index in [1.165, 1.54) is 7.05 Å². The zero-order chi connectivity index (χ0) is 42.5. The highest BCUT2D eigenvalue weighted by Crippen LogP contribution is 2.38. The van der Waals surface area contributed by atoms with Crippen LogP contribution in [0.5, 0.6) is 5.75 Å². The van der Waals surface area contributed by atoms with E-state index in [0.29, 0.717) is 52.2 Å². The first kappa shape index (κ1) is 40.3. The highest BCUT2D eigenvalue weighted by molar-refractivity contribution is 6.33. The maximum atomic E-state index is 13.3. The van der Waals surface area contributed by atoms with Crippen molar-refractivity contribution in [3.8, 4) is 5.75 Å². The molecule has 2 aromatic carbocycles. The molecule has 18 heteroatoms. The van der Waals surface area contributed by atoms with E-state index in [1.807, 2.05) is 31.2 Å². The van der Waals surface area contributed by atoms with Gasteiger partial charge in [0.05, 0.1) is 22.8 Å². The van der Waals surface area contributed by atoms with Crippen molar-refractivity contribution in [2.75, 3.05) is 74.6 Å². The minimum absolute atomic E-state index is 0.0909. The van der Waals surface area contributed by atoms with Gasteiger partial charge in [0.15, 0.2) is 18.2 Å². The number of amides is 5. The Hall–Kier alpha value is -6.07. The van der Waals surface area contributed by atoms with Gasteiger partial charge in [-0.1, -0.05) is 11.6 Å². The second-order valence-electron chi connectivity index (χ2n) is 16.5. The first-order valence-electron chi connectivity index (χ1n) is 20.9.